The fraction of sp³-hybridized carbons (Fsp3) is 0.200. The van der Waals surface area contributed by atoms with E-state index < -0.39 is 4.92 Å². The molecule has 0 aromatic heterocycles. The van der Waals surface area contributed by atoms with E-state index >= 15 is 0 Å². The fourth-order valence-corrected chi connectivity index (χ4v) is 2.10. The van der Waals surface area contributed by atoms with Crippen LogP contribution in [0.1, 0.15) is 12.5 Å². The van der Waals surface area contributed by atoms with Gasteiger partial charge in [0, 0.05) is 35.0 Å². The number of non-ortho nitro benzene ring substituents is 1. The van der Waals surface area contributed by atoms with E-state index in [0.29, 0.717) is 23.9 Å². The fourth-order valence-electron chi connectivity index (χ4n) is 1.91. The van der Waals surface area contributed by atoms with Gasteiger partial charge in [-0.25, -0.2) is 0 Å². The van der Waals surface area contributed by atoms with Gasteiger partial charge in [0.15, 0.2) is 0 Å². The molecule has 2 rings (SSSR count). The van der Waals surface area contributed by atoms with Crippen LogP contribution in [-0.2, 0) is 6.54 Å². The molecular formula is C15H15ClN2O3. The van der Waals surface area contributed by atoms with E-state index in [2.05, 4.69) is 5.32 Å². The molecule has 6 heteroatoms. The molecule has 0 aliphatic carbocycles. The minimum absolute atomic E-state index is 0.0520. The van der Waals surface area contributed by atoms with Crippen molar-refractivity contribution in [3.63, 3.8) is 0 Å². The number of halogens is 1. The Bertz CT molecular complexity index is 647. The molecule has 0 unspecified atom stereocenters. The van der Waals surface area contributed by atoms with Crippen LogP contribution in [0.2, 0.25) is 5.02 Å². The minimum Gasteiger partial charge on any atom is -0.494 e. The lowest BCUT2D eigenvalue weighted by molar-refractivity contribution is -0.384. The molecule has 0 saturated carbocycles. The summed E-state index contributed by atoms with van der Waals surface area (Å²) in [5.41, 5.74) is 1.62. The van der Waals surface area contributed by atoms with Crippen molar-refractivity contribution in [2.45, 2.75) is 13.5 Å². The topological polar surface area (TPSA) is 64.4 Å². The van der Waals surface area contributed by atoms with Gasteiger partial charge < -0.3 is 10.1 Å². The van der Waals surface area contributed by atoms with Gasteiger partial charge in [-0.2, -0.15) is 0 Å². The van der Waals surface area contributed by atoms with Crippen LogP contribution in [0.3, 0.4) is 0 Å². The third-order valence-electron chi connectivity index (χ3n) is 2.86. The second-order valence-corrected chi connectivity index (χ2v) is 4.78. The number of anilines is 1. The predicted octanol–water partition coefficient (Wildman–Crippen LogP) is 4.26. The number of ether oxygens (including phenoxy) is 1. The van der Waals surface area contributed by atoms with E-state index in [1.165, 1.54) is 12.1 Å². The SMILES string of the molecule is CCOc1ccc(Cl)cc1CNc1cccc([N+](=O)[O-])c1. The third kappa shape index (κ3) is 4.10. The normalized spacial score (nSPS) is 10.2. The number of benzene rings is 2. The van der Waals surface area contributed by atoms with Crippen molar-refractivity contribution in [2.24, 2.45) is 0 Å². The summed E-state index contributed by atoms with van der Waals surface area (Å²) in [6.45, 7) is 2.94. The molecule has 1 N–H and O–H groups in total. The average Bonchev–Trinajstić information content (AvgIpc) is 2.48. The van der Waals surface area contributed by atoms with Gasteiger partial charge in [0.1, 0.15) is 5.75 Å². The van der Waals surface area contributed by atoms with Gasteiger partial charge >= 0.3 is 0 Å². The molecule has 0 heterocycles. The van der Waals surface area contributed by atoms with Gasteiger partial charge in [0.05, 0.1) is 11.5 Å². The Morgan fingerprint density at radius 3 is 2.81 bits per heavy atom. The lowest BCUT2D eigenvalue weighted by Crippen LogP contribution is -2.03. The maximum atomic E-state index is 10.8. The number of hydrogen-bond acceptors (Lipinski definition) is 4. The molecule has 0 amide bonds. The van der Waals surface area contributed by atoms with Crippen LogP contribution in [0.25, 0.3) is 0 Å². The zero-order valence-electron chi connectivity index (χ0n) is 11.5. The highest BCUT2D eigenvalue weighted by molar-refractivity contribution is 6.30. The van der Waals surface area contributed by atoms with Crippen molar-refractivity contribution in [3.8, 4) is 5.75 Å². The second kappa shape index (κ2) is 6.95. The summed E-state index contributed by atoms with van der Waals surface area (Å²) < 4.78 is 5.54. The maximum Gasteiger partial charge on any atom is 0.271 e. The van der Waals surface area contributed by atoms with Crippen molar-refractivity contribution in [1.29, 1.82) is 0 Å². The molecule has 5 nitrogen and oxygen atoms in total. The minimum atomic E-state index is -0.420. The smallest absolute Gasteiger partial charge is 0.271 e. The lowest BCUT2D eigenvalue weighted by atomic mass is 10.2. The zero-order valence-corrected chi connectivity index (χ0v) is 12.3. The van der Waals surface area contributed by atoms with Gasteiger partial charge in [-0.3, -0.25) is 10.1 Å². The Balaban J connectivity index is 2.14. The first kappa shape index (κ1) is 15.1. The Hall–Kier alpha value is -2.27. The van der Waals surface area contributed by atoms with Crippen molar-refractivity contribution in [3.05, 3.63) is 63.2 Å². The Morgan fingerprint density at radius 1 is 1.29 bits per heavy atom. The summed E-state index contributed by atoms with van der Waals surface area (Å²) >= 11 is 5.99. The molecule has 110 valence electrons. The molecule has 2 aromatic carbocycles. The summed E-state index contributed by atoms with van der Waals surface area (Å²) in [7, 11) is 0. The lowest BCUT2D eigenvalue weighted by Gasteiger charge is -2.12. The van der Waals surface area contributed by atoms with Crippen molar-refractivity contribution < 1.29 is 9.66 Å². The molecule has 0 atom stereocenters. The van der Waals surface area contributed by atoms with Crippen LogP contribution in [-0.4, -0.2) is 11.5 Å². The van der Waals surface area contributed by atoms with E-state index in [1.807, 2.05) is 19.1 Å². The van der Waals surface area contributed by atoms with Gasteiger partial charge in [-0.05, 0) is 31.2 Å². The molecule has 0 fully saturated rings. The average molecular weight is 307 g/mol. The van der Waals surface area contributed by atoms with E-state index in [1.54, 1.807) is 18.2 Å². The molecule has 0 bridgehead atoms. The first-order valence-electron chi connectivity index (χ1n) is 6.49. The molecule has 2 aromatic rings. The van der Waals surface area contributed by atoms with Crippen LogP contribution < -0.4 is 10.1 Å². The van der Waals surface area contributed by atoms with Crippen molar-refractivity contribution >= 4 is 23.0 Å². The highest BCUT2D eigenvalue weighted by Crippen LogP contribution is 2.25. The van der Waals surface area contributed by atoms with Crippen LogP contribution in [0.5, 0.6) is 5.75 Å². The summed E-state index contributed by atoms with van der Waals surface area (Å²) in [5, 5.41) is 14.5. The number of rotatable bonds is 6. The molecule has 0 aliphatic heterocycles. The number of nitro benzene ring substituents is 1. The maximum absolute atomic E-state index is 10.8. The first-order chi connectivity index (χ1) is 10.1. The van der Waals surface area contributed by atoms with Crippen LogP contribution in [0.4, 0.5) is 11.4 Å². The molecule has 0 radical (unpaired) electrons. The van der Waals surface area contributed by atoms with Gasteiger partial charge in [0.25, 0.3) is 5.69 Å². The van der Waals surface area contributed by atoms with Gasteiger partial charge in [0.2, 0.25) is 0 Å². The Labute approximate surface area is 127 Å². The monoisotopic (exact) mass is 306 g/mol. The first-order valence-corrected chi connectivity index (χ1v) is 6.87. The van der Waals surface area contributed by atoms with Crippen LogP contribution in [0, 0.1) is 10.1 Å². The largest absolute Gasteiger partial charge is 0.494 e. The van der Waals surface area contributed by atoms with E-state index in [0.717, 1.165) is 11.3 Å². The number of hydrogen-bond donors (Lipinski definition) is 1. The van der Waals surface area contributed by atoms with E-state index in [-0.39, 0.29) is 5.69 Å². The number of nitrogens with zero attached hydrogens (tertiary/aromatic N) is 1. The van der Waals surface area contributed by atoms with E-state index in [9.17, 15) is 10.1 Å². The molecular weight excluding hydrogens is 292 g/mol. The Morgan fingerprint density at radius 2 is 2.10 bits per heavy atom. The summed E-state index contributed by atoms with van der Waals surface area (Å²) in [4.78, 5) is 10.3. The number of nitro groups is 1. The standard InChI is InChI=1S/C15H15ClN2O3/c1-2-21-15-7-6-12(16)8-11(15)10-17-13-4-3-5-14(9-13)18(19)20/h3-9,17H,2,10H2,1H3. The summed E-state index contributed by atoms with van der Waals surface area (Å²) in [5.74, 6) is 0.750. The van der Waals surface area contributed by atoms with Crippen molar-refractivity contribution in [2.75, 3.05) is 11.9 Å². The quantitative estimate of drug-likeness (QED) is 0.640. The predicted molar refractivity (Wildman–Crippen MR) is 83.0 cm³/mol. The third-order valence-corrected chi connectivity index (χ3v) is 3.10. The number of nitrogens with one attached hydrogen (secondary N) is 1. The van der Waals surface area contributed by atoms with Gasteiger partial charge in [-0.1, -0.05) is 17.7 Å². The Kier molecular flexibility index (Phi) is 5.00. The van der Waals surface area contributed by atoms with Crippen molar-refractivity contribution in [1.82, 2.24) is 0 Å². The highest BCUT2D eigenvalue weighted by atomic mass is 35.5. The van der Waals surface area contributed by atoms with Crippen LogP contribution >= 0.6 is 11.6 Å². The molecule has 0 spiro atoms. The summed E-state index contributed by atoms with van der Waals surface area (Å²) in [6.07, 6.45) is 0. The molecule has 0 saturated heterocycles. The van der Waals surface area contributed by atoms with Crippen LogP contribution in [0.15, 0.2) is 42.5 Å². The molecule has 21 heavy (non-hydrogen) atoms. The van der Waals surface area contributed by atoms with E-state index in [4.69, 9.17) is 16.3 Å². The summed E-state index contributed by atoms with van der Waals surface area (Å²) in [6, 6.07) is 11.8. The van der Waals surface area contributed by atoms with Gasteiger partial charge in [-0.15, -0.1) is 0 Å². The zero-order chi connectivity index (χ0) is 15.2. The molecule has 0 aliphatic rings. The highest BCUT2D eigenvalue weighted by Gasteiger charge is 2.07. The second-order valence-electron chi connectivity index (χ2n) is 4.35.